The molecular formula is C9H8N4OS. The molecule has 2 heterocycles. The van der Waals surface area contributed by atoms with E-state index in [1.54, 1.807) is 6.07 Å². The second-order valence-corrected chi connectivity index (χ2v) is 3.54. The van der Waals surface area contributed by atoms with Crippen LogP contribution in [0.5, 0.6) is 0 Å². The van der Waals surface area contributed by atoms with Crippen LogP contribution < -0.4 is 11.1 Å². The lowest BCUT2D eigenvalue weighted by molar-refractivity contribution is 0.102. The summed E-state index contributed by atoms with van der Waals surface area (Å²) in [6.45, 7) is 0. The number of thiophene rings is 1. The molecule has 2 rings (SSSR count). The van der Waals surface area contributed by atoms with Gasteiger partial charge in [-0.05, 0) is 11.4 Å². The van der Waals surface area contributed by atoms with Gasteiger partial charge in [-0.1, -0.05) is 0 Å². The molecule has 76 valence electrons. The Kier molecular flexibility index (Phi) is 2.59. The highest BCUT2D eigenvalue weighted by Gasteiger charge is 2.11. The number of carbonyl (C=O) groups excluding carboxylic acids is 1. The Labute approximate surface area is 90.0 Å². The first-order valence-corrected chi connectivity index (χ1v) is 5.11. The summed E-state index contributed by atoms with van der Waals surface area (Å²) in [7, 11) is 0. The fourth-order valence-electron chi connectivity index (χ4n) is 1.05. The van der Waals surface area contributed by atoms with Crippen molar-refractivity contribution in [2.75, 3.05) is 11.1 Å². The van der Waals surface area contributed by atoms with E-state index in [-0.39, 0.29) is 17.4 Å². The summed E-state index contributed by atoms with van der Waals surface area (Å²) in [5, 5.41) is 6.36. The van der Waals surface area contributed by atoms with Gasteiger partial charge < -0.3 is 11.1 Å². The number of nitrogens with one attached hydrogen (secondary N) is 1. The first-order chi connectivity index (χ1) is 7.27. The Morgan fingerprint density at radius 2 is 2.20 bits per heavy atom. The number of amides is 1. The zero-order valence-corrected chi connectivity index (χ0v) is 8.49. The minimum absolute atomic E-state index is 0.130. The molecule has 0 radical (unpaired) electrons. The van der Waals surface area contributed by atoms with Gasteiger partial charge in [-0.3, -0.25) is 4.79 Å². The maximum Gasteiger partial charge on any atom is 0.278 e. The molecule has 0 fully saturated rings. The van der Waals surface area contributed by atoms with Crippen LogP contribution in [0.2, 0.25) is 0 Å². The maximum atomic E-state index is 11.6. The number of anilines is 2. The van der Waals surface area contributed by atoms with Crippen LogP contribution in [0.15, 0.2) is 29.2 Å². The first-order valence-electron chi connectivity index (χ1n) is 4.17. The molecule has 1 amide bonds. The lowest BCUT2D eigenvalue weighted by atomic mass is 10.3. The Morgan fingerprint density at radius 3 is 2.87 bits per heavy atom. The zero-order valence-electron chi connectivity index (χ0n) is 7.68. The third-order valence-corrected chi connectivity index (χ3v) is 2.40. The van der Waals surface area contributed by atoms with Crippen molar-refractivity contribution >= 4 is 28.7 Å². The standard InChI is InChI=1S/C9H8N4OS/c10-8-7(11-2-3-12-8)9(14)13-6-1-4-15-5-6/h1-5H,(H2,10,12)(H,13,14). The largest absolute Gasteiger partial charge is 0.382 e. The van der Waals surface area contributed by atoms with Gasteiger partial charge >= 0.3 is 0 Å². The summed E-state index contributed by atoms with van der Waals surface area (Å²) in [6, 6.07) is 1.80. The molecule has 3 N–H and O–H groups in total. The zero-order chi connectivity index (χ0) is 10.7. The lowest BCUT2D eigenvalue weighted by Crippen LogP contribution is -2.16. The third kappa shape index (κ3) is 2.10. The highest BCUT2D eigenvalue weighted by molar-refractivity contribution is 7.08. The van der Waals surface area contributed by atoms with Gasteiger partial charge in [-0.15, -0.1) is 0 Å². The fourth-order valence-corrected chi connectivity index (χ4v) is 1.64. The Morgan fingerprint density at radius 1 is 1.40 bits per heavy atom. The Hall–Kier alpha value is -1.95. The van der Waals surface area contributed by atoms with Gasteiger partial charge in [-0.25, -0.2) is 9.97 Å². The van der Waals surface area contributed by atoms with Crippen LogP contribution in [0.3, 0.4) is 0 Å². The predicted molar refractivity (Wildman–Crippen MR) is 58.7 cm³/mol. The van der Waals surface area contributed by atoms with Gasteiger partial charge in [0.15, 0.2) is 11.5 Å². The number of nitrogens with two attached hydrogens (primary N) is 1. The van der Waals surface area contributed by atoms with Crippen molar-refractivity contribution in [2.45, 2.75) is 0 Å². The molecule has 0 unspecified atom stereocenters. The van der Waals surface area contributed by atoms with E-state index < -0.39 is 0 Å². The summed E-state index contributed by atoms with van der Waals surface area (Å²) < 4.78 is 0. The quantitative estimate of drug-likeness (QED) is 0.801. The van der Waals surface area contributed by atoms with Crippen molar-refractivity contribution in [1.82, 2.24) is 9.97 Å². The summed E-state index contributed by atoms with van der Waals surface area (Å²) in [5.74, 6) is -0.218. The van der Waals surface area contributed by atoms with Crippen molar-refractivity contribution in [3.8, 4) is 0 Å². The van der Waals surface area contributed by atoms with Gasteiger partial charge in [0.05, 0.1) is 5.69 Å². The average Bonchev–Trinajstić information content (AvgIpc) is 2.71. The van der Waals surface area contributed by atoms with Crippen LogP contribution in [-0.4, -0.2) is 15.9 Å². The maximum absolute atomic E-state index is 11.6. The number of nitrogen functional groups attached to an aromatic ring is 1. The normalized spacial score (nSPS) is 9.87. The molecule has 2 aromatic rings. The minimum Gasteiger partial charge on any atom is -0.382 e. The molecule has 0 aliphatic carbocycles. The van der Waals surface area contributed by atoms with E-state index in [0.29, 0.717) is 0 Å². The molecule has 0 aliphatic heterocycles. The lowest BCUT2D eigenvalue weighted by Gasteiger charge is -2.03. The van der Waals surface area contributed by atoms with E-state index in [2.05, 4.69) is 15.3 Å². The van der Waals surface area contributed by atoms with Crippen molar-refractivity contribution in [3.63, 3.8) is 0 Å². The smallest absolute Gasteiger partial charge is 0.278 e. The molecule has 5 nitrogen and oxygen atoms in total. The van der Waals surface area contributed by atoms with Crippen LogP contribution in [0.1, 0.15) is 10.5 Å². The first kappa shape index (κ1) is 9.60. The molecule has 0 saturated carbocycles. The van der Waals surface area contributed by atoms with Crippen molar-refractivity contribution in [2.24, 2.45) is 0 Å². The summed E-state index contributed by atoms with van der Waals surface area (Å²) in [4.78, 5) is 19.3. The number of rotatable bonds is 2. The molecular weight excluding hydrogens is 212 g/mol. The van der Waals surface area contributed by atoms with Gasteiger partial charge in [0.25, 0.3) is 5.91 Å². The Balaban J connectivity index is 2.19. The van der Waals surface area contributed by atoms with E-state index >= 15 is 0 Å². The Bertz CT molecular complexity index is 469. The van der Waals surface area contributed by atoms with Crippen LogP contribution >= 0.6 is 11.3 Å². The average molecular weight is 220 g/mol. The summed E-state index contributed by atoms with van der Waals surface area (Å²) >= 11 is 1.50. The van der Waals surface area contributed by atoms with Gasteiger partial charge in [-0.2, -0.15) is 11.3 Å². The number of hydrogen-bond acceptors (Lipinski definition) is 5. The van der Waals surface area contributed by atoms with Crippen LogP contribution in [-0.2, 0) is 0 Å². The minimum atomic E-state index is -0.348. The van der Waals surface area contributed by atoms with Crippen molar-refractivity contribution in [3.05, 3.63) is 34.9 Å². The number of nitrogens with zero attached hydrogens (tertiary/aromatic N) is 2. The van der Waals surface area contributed by atoms with Crippen molar-refractivity contribution < 1.29 is 4.79 Å². The molecule has 0 aliphatic rings. The van der Waals surface area contributed by atoms with E-state index in [1.165, 1.54) is 23.7 Å². The number of aromatic nitrogens is 2. The van der Waals surface area contributed by atoms with Gasteiger partial charge in [0.2, 0.25) is 0 Å². The highest BCUT2D eigenvalue weighted by atomic mass is 32.1. The fraction of sp³-hybridized carbons (Fsp3) is 0. The molecule has 0 bridgehead atoms. The summed E-state index contributed by atoms with van der Waals surface area (Å²) in [6.07, 6.45) is 2.87. The molecule has 6 heteroatoms. The monoisotopic (exact) mass is 220 g/mol. The molecule has 0 spiro atoms. The number of hydrogen-bond donors (Lipinski definition) is 2. The number of carbonyl (C=O) groups is 1. The predicted octanol–water partition coefficient (Wildman–Crippen LogP) is 1.37. The van der Waals surface area contributed by atoms with Gasteiger partial charge in [0.1, 0.15) is 0 Å². The summed E-state index contributed by atoms with van der Waals surface area (Å²) in [5.41, 5.74) is 6.39. The highest BCUT2D eigenvalue weighted by Crippen LogP contribution is 2.13. The van der Waals surface area contributed by atoms with E-state index in [1.807, 2.05) is 10.8 Å². The van der Waals surface area contributed by atoms with Crippen LogP contribution in [0.25, 0.3) is 0 Å². The van der Waals surface area contributed by atoms with E-state index in [9.17, 15) is 4.79 Å². The molecule has 0 atom stereocenters. The second kappa shape index (κ2) is 4.05. The molecule has 2 aromatic heterocycles. The topological polar surface area (TPSA) is 80.9 Å². The third-order valence-electron chi connectivity index (χ3n) is 1.72. The SMILES string of the molecule is Nc1nccnc1C(=O)Nc1ccsc1. The van der Waals surface area contributed by atoms with Crippen LogP contribution in [0.4, 0.5) is 11.5 Å². The van der Waals surface area contributed by atoms with E-state index in [0.717, 1.165) is 5.69 Å². The van der Waals surface area contributed by atoms with Crippen LogP contribution in [0, 0.1) is 0 Å². The van der Waals surface area contributed by atoms with E-state index in [4.69, 9.17) is 5.73 Å². The second-order valence-electron chi connectivity index (χ2n) is 2.76. The molecule has 0 saturated heterocycles. The molecule has 0 aromatic carbocycles. The van der Waals surface area contributed by atoms with Gasteiger partial charge in [0, 0.05) is 17.8 Å². The van der Waals surface area contributed by atoms with Crippen molar-refractivity contribution in [1.29, 1.82) is 0 Å². The molecule has 15 heavy (non-hydrogen) atoms.